The van der Waals surface area contributed by atoms with Gasteiger partial charge in [0.25, 0.3) is 0 Å². The second kappa shape index (κ2) is 9.36. The van der Waals surface area contributed by atoms with Crippen LogP contribution in [0, 0.1) is 29.6 Å². The van der Waals surface area contributed by atoms with Crippen molar-refractivity contribution in [2.75, 3.05) is 0 Å². The number of allylic oxidation sites excluding steroid dienone is 2. The number of alkyl halides is 3. The largest absolute Gasteiger partial charge is 0.573 e. The molecular formula is C26H35F3O. The Morgan fingerprint density at radius 1 is 0.900 bits per heavy atom. The molecule has 0 N–H and O–H groups in total. The highest BCUT2D eigenvalue weighted by molar-refractivity contribution is 5.30. The van der Waals surface area contributed by atoms with Crippen LogP contribution in [0.4, 0.5) is 13.2 Å². The van der Waals surface area contributed by atoms with E-state index in [1.807, 2.05) is 12.1 Å². The lowest BCUT2D eigenvalue weighted by atomic mass is 9.55. The van der Waals surface area contributed by atoms with Gasteiger partial charge in [-0.3, -0.25) is 0 Å². The second-order valence-electron chi connectivity index (χ2n) is 9.84. The van der Waals surface area contributed by atoms with Crippen LogP contribution in [-0.2, 0) is 0 Å². The molecule has 4 heteroatoms. The molecular weight excluding hydrogens is 385 g/mol. The van der Waals surface area contributed by atoms with Crippen molar-refractivity contribution in [3.8, 4) is 5.75 Å². The lowest BCUT2D eigenvalue weighted by molar-refractivity contribution is -0.274. The zero-order chi connectivity index (χ0) is 21.1. The van der Waals surface area contributed by atoms with E-state index in [2.05, 4.69) is 23.8 Å². The quantitative estimate of drug-likeness (QED) is 0.436. The van der Waals surface area contributed by atoms with Crippen LogP contribution in [0.15, 0.2) is 36.4 Å². The molecule has 0 aliphatic heterocycles. The summed E-state index contributed by atoms with van der Waals surface area (Å²) in [5, 5.41) is 0. The molecule has 3 aliphatic carbocycles. The minimum absolute atomic E-state index is 0.120. The molecule has 3 saturated carbocycles. The van der Waals surface area contributed by atoms with Gasteiger partial charge in [0.15, 0.2) is 0 Å². The first-order chi connectivity index (χ1) is 14.4. The molecule has 0 spiro atoms. The van der Waals surface area contributed by atoms with Crippen LogP contribution >= 0.6 is 0 Å². The van der Waals surface area contributed by atoms with E-state index in [-0.39, 0.29) is 5.75 Å². The van der Waals surface area contributed by atoms with Gasteiger partial charge in [-0.15, -0.1) is 13.2 Å². The summed E-state index contributed by atoms with van der Waals surface area (Å²) < 4.78 is 41.2. The van der Waals surface area contributed by atoms with Crippen molar-refractivity contribution in [1.82, 2.24) is 0 Å². The van der Waals surface area contributed by atoms with Crippen molar-refractivity contribution in [2.45, 2.75) is 83.4 Å². The van der Waals surface area contributed by atoms with Crippen LogP contribution in [0.1, 0.15) is 82.6 Å². The summed E-state index contributed by atoms with van der Waals surface area (Å²) in [6.45, 7) is 2.24. The van der Waals surface area contributed by atoms with Crippen LogP contribution in [0.2, 0.25) is 0 Å². The van der Waals surface area contributed by atoms with Crippen molar-refractivity contribution >= 4 is 0 Å². The molecule has 1 aromatic carbocycles. The molecule has 3 fully saturated rings. The zero-order valence-corrected chi connectivity index (χ0v) is 18.0. The molecule has 0 bridgehead atoms. The third kappa shape index (κ3) is 5.23. The Bertz CT molecular complexity index is 708. The van der Waals surface area contributed by atoms with Crippen molar-refractivity contribution in [2.24, 2.45) is 29.6 Å². The Labute approximate surface area is 179 Å². The molecule has 0 radical (unpaired) electrons. The Balaban J connectivity index is 1.33. The third-order valence-corrected chi connectivity index (χ3v) is 8.03. The summed E-state index contributed by atoms with van der Waals surface area (Å²) >= 11 is 0. The fourth-order valence-electron chi connectivity index (χ4n) is 6.71. The van der Waals surface area contributed by atoms with E-state index < -0.39 is 6.36 Å². The number of hydrogen-bond acceptors (Lipinski definition) is 1. The smallest absolute Gasteiger partial charge is 0.406 e. The summed E-state index contributed by atoms with van der Waals surface area (Å²) in [7, 11) is 0. The average molecular weight is 421 g/mol. The van der Waals surface area contributed by atoms with Crippen molar-refractivity contribution < 1.29 is 17.9 Å². The van der Waals surface area contributed by atoms with E-state index in [4.69, 9.17) is 0 Å². The summed E-state index contributed by atoms with van der Waals surface area (Å²) in [6, 6.07) is 6.62. The monoisotopic (exact) mass is 420 g/mol. The normalized spacial score (nSPS) is 34.4. The van der Waals surface area contributed by atoms with E-state index in [0.29, 0.717) is 5.92 Å². The maximum absolute atomic E-state index is 12.4. The fraction of sp³-hybridized carbons (Fsp3) is 0.692. The molecule has 6 unspecified atom stereocenters. The fourth-order valence-corrected chi connectivity index (χ4v) is 6.71. The van der Waals surface area contributed by atoms with Gasteiger partial charge in [0.05, 0.1) is 0 Å². The Kier molecular flexibility index (Phi) is 6.79. The van der Waals surface area contributed by atoms with Crippen LogP contribution in [0.5, 0.6) is 5.75 Å². The molecule has 166 valence electrons. The predicted molar refractivity (Wildman–Crippen MR) is 114 cm³/mol. The molecule has 0 saturated heterocycles. The molecule has 0 aromatic heterocycles. The van der Waals surface area contributed by atoms with E-state index >= 15 is 0 Å². The highest BCUT2D eigenvalue weighted by atomic mass is 19.4. The highest BCUT2D eigenvalue weighted by Crippen LogP contribution is 2.54. The first kappa shape index (κ1) is 21.8. The van der Waals surface area contributed by atoms with Gasteiger partial charge >= 0.3 is 6.36 Å². The van der Waals surface area contributed by atoms with Gasteiger partial charge in [-0.2, -0.15) is 0 Å². The lowest BCUT2D eigenvalue weighted by Crippen LogP contribution is -2.41. The highest BCUT2D eigenvalue weighted by Gasteiger charge is 2.44. The Morgan fingerprint density at radius 3 is 2.23 bits per heavy atom. The minimum Gasteiger partial charge on any atom is -0.406 e. The van der Waals surface area contributed by atoms with Gasteiger partial charge in [-0.25, -0.2) is 0 Å². The van der Waals surface area contributed by atoms with Crippen molar-refractivity contribution in [1.29, 1.82) is 0 Å². The van der Waals surface area contributed by atoms with E-state index in [9.17, 15) is 13.2 Å². The molecule has 1 aromatic rings. The number of rotatable bonds is 5. The topological polar surface area (TPSA) is 9.23 Å². The third-order valence-electron chi connectivity index (χ3n) is 8.03. The lowest BCUT2D eigenvalue weighted by Gasteiger charge is -2.50. The van der Waals surface area contributed by atoms with Crippen LogP contribution in [0.3, 0.4) is 0 Å². The average Bonchev–Trinajstić information content (AvgIpc) is 2.73. The van der Waals surface area contributed by atoms with E-state index in [1.54, 1.807) is 0 Å². The first-order valence-corrected chi connectivity index (χ1v) is 11.9. The molecule has 0 amide bonds. The minimum atomic E-state index is -4.62. The number of benzene rings is 1. The van der Waals surface area contributed by atoms with Gasteiger partial charge in [0, 0.05) is 0 Å². The van der Waals surface area contributed by atoms with Gasteiger partial charge in [-0.05, 0) is 111 Å². The molecule has 4 rings (SSSR count). The van der Waals surface area contributed by atoms with Gasteiger partial charge < -0.3 is 4.74 Å². The molecule has 30 heavy (non-hydrogen) atoms. The van der Waals surface area contributed by atoms with Crippen molar-refractivity contribution in [3.63, 3.8) is 0 Å². The maximum Gasteiger partial charge on any atom is 0.573 e. The molecule has 6 atom stereocenters. The number of ether oxygens (including phenoxy) is 1. The maximum atomic E-state index is 12.4. The Hall–Kier alpha value is -1.45. The van der Waals surface area contributed by atoms with Crippen LogP contribution in [0.25, 0.3) is 0 Å². The van der Waals surface area contributed by atoms with Crippen LogP contribution in [-0.4, -0.2) is 6.36 Å². The number of hydrogen-bond donors (Lipinski definition) is 0. The molecule has 1 nitrogen and oxygen atoms in total. The van der Waals surface area contributed by atoms with Gasteiger partial charge in [0.1, 0.15) is 5.75 Å². The van der Waals surface area contributed by atoms with Crippen molar-refractivity contribution in [3.05, 3.63) is 42.0 Å². The number of unbranched alkanes of at least 4 members (excludes halogenated alkanes) is 1. The van der Waals surface area contributed by atoms with Gasteiger partial charge in [-0.1, -0.05) is 37.6 Å². The summed E-state index contributed by atoms with van der Waals surface area (Å²) in [4.78, 5) is 0. The Morgan fingerprint density at radius 2 is 1.57 bits per heavy atom. The first-order valence-electron chi connectivity index (χ1n) is 11.9. The SMILES string of the molecule is CCC/C=C/C1CCC2C(CCC3CC(c4ccc(OC(F)(F)F)cc4)CCC32)C1. The number of halogens is 3. The number of fused-ring (bicyclic) bond motifs is 3. The second-order valence-corrected chi connectivity index (χ2v) is 9.84. The molecule has 3 aliphatic rings. The zero-order valence-electron chi connectivity index (χ0n) is 18.0. The molecule has 0 heterocycles. The summed E-state index contributed by atoms with van der Waals surface area (Å²) in [5.74, 6) is 4.63. The summed E-state index contributed by atoms with van der Waals surface area (Å²) in [5.41, 5.74) is 1.18. The van der Waals surface area contributed by atoms with Crippen LogP contribution < -0.4 is 4.74 Å². The standard InChI is InChI=1S/C26H35F3O/c1-2-3-4-5-18-6-14-24-21(16-18)7-8-22-17-20(11-15-25(22)24)19-9-12-23(13-10-19)30-26(27,28)29/h4-5,9-10,12-13,18,20-22,24-25H,2-3,6-8,11,14-17H2,1H3/b5-4+. The predicted octanol–water partition coefficient (Wildman–Crippen LogP) is 8.27. The summed E-state index contributed by atoms with van der Waals surface area (Å²) in [6.07, 6.45) is 13.2. The van der Waals surface area contributed by atoms with E-state index in [0.717, 1.165) is 29.6 Å². The van der Waals surface area contributed by atoms with E-state index in [1.165, 1.54) is 81.9 Å². The van der Waals surface area contributed by atoms with Gasteiger partial charge in [0.2, 0.25) is 0 Å².